The smallest absolute Gasteiger partial charge is 0.234 e. The Morgan fingerprint density at radius 2 is 1.75 bits per heavy atom. The zero-order chi connectivity index (χ0) is 19.9. The van der Waals surface area contributed by atoms with Crippen LogP contribution >= 0.6 is 0 Å². The number of amides is 1. The lowest BCUT2D eigenvalue weighted by Gasteiger charge is -2.34. The van der Waals surface area contributed by atoms with E-state index in [0.29, 0.717) is 6.54 Å². The lowest BCUT2D eigenvalue weighted by atomic mass is 9.96. The average Bonchev–Trinajstić information content (AvgIpc) is 2.69. The molecule has 1 atom stereocenters. The van der Waals surface area contributed by atoms with Crippen molar-refractivity contribution in [3.05, 3.63) is 65.7 Å². The Morgan fingerprint density at radius 3 is 2.36 bits per heavy atom. The number of hydrogen-bond acceptors (Lipinski definition) is 4. The molecule has 2 heterocycles. The van der Waals surface area contributed by atoms with E-state index >= 15 is 0 Å². The van der Waals surface area contributed by atoms with Crippen molar-refractivity contribution in [1.82, 2.24) is 20.1 Å². The van der Waals surface area contributed by atoms with E-state index in [2.05, 4.69) is 33.9 Å². The summed E-state index contributed by atoms with van der Waals surface area (Å²) in [6.07, 6.45) is 1.82. The summed E-state index contributed by atoms with van der Waals surface area (Å²) in [6.45, 7) is 8.94. The molecule has 6 heteroatoms. The topological polar surface area (TPSA) is 48.5 Å². The van der Waals surface area contributed by atoms with Gasteiger partial charge in [-0.15, -0.1) is 0 Å². The third-order valence-electron chi connectivity index (χ3n) is 5.16. The van der Waals surface area contributed by atoms with E-state index in [1.807, 2.05) is 24.4 Å². The monoisotopic (exact) mass is 384 g/mol. The molecule has 28 heavy (non-hydrogen) atoms. The predicted octanol–water partition coefficient (Wildman–Crippen LogP) is 2.85. The number of carbonyl (C=O) groups excluding carboxylic acids is 1. The van der Waals surface area contributed by atoms with Crippen molar-refractivity contribution in [2.75, 3.05) is 32.7 Å². The van der Waals surface area contributed by atoms with Gasteiger partial charge in [0.25, 0.3) is 0 Å². The van der Waals surface area contributed by atoms with Crippen molar-refractivity contribution >= 4 is 5.91 Å². The van der Waals surface area contributed by atoms with Gasteiger partial charge in [0.2, 0.25) is 5.91 Å². The molecule has 0 saturated carbocycles. The molecule has 1 aliphatic heterocycles. The lowest BCUT2D eigenvalue weighted by Crippen LogP contribution is -2.49. The second kappa shape index (κ2) is 9.75. The Kier molecular flexibility index (Phi) is 7.12. The van der Waals surface area contributed by atoms with Crippen LogP contribution < -0.4 is 5.32 Å². The fourth-order valence-corrected chi connectivity index (χ4v) is 3.55. The van der Waals surface area contributed by atoms with Gasteiger partial charge in [-0.3, -0.25) is 19.6 Å². The molecule has 150 valence electrons. The first-order chi connectivity index (χ1) is 13.5. The molecular weight excluding hydrogens is 355 g/mol. The average molecular weight is 384 g/mol. The number of pyridine rings is 1. The first-order valence-corrected chi connectivity index (χ1v) is 9.90. The summed E-state index contributed by atoms with van der Waals surface area (Å²) in [5.41, 5.74) is 2.01. The Morgan fingerprint density at radius 1 is 1.07 bits per heavy atom. The van der Waals surface area contributed by atoms with Gasteiger partial charge < -0.3 is 5.32 Å². The van der Waals surface area contributed by atoms with Crippen LogP contribution in [0.2, 0.25) is 0 Å². The third kappa shape index (κ3) is 5.84. The van der Waals surface area contributed by atoms with Crippen LogP contribution in [0.1, 0.15) is 31.1 Å². The Labute approximate surface area is 166 Å². The number of nitrogens with zero attached hydrogens (tertiary/aromatic N) is 3. The first kappa shape index (κ1) is 20.4. The van der Waals surface area contributed by atoms with Crippen LogP contribution in [0.15, 0.2) is 48.7 Å². The van der Waals surface area contributed by atoms with E-state index in [1.165, 1.54) is 12.1 Å². The summed E-state index contributed by atoms with van der Waals surface area (Å²) in [7, 11) is 0. The number of carbonyl (C=O) groups is 1. The van der Waals surface area contributed by atoms with Crippen LogP contribution in [-0.2, 0) is 11.3 Å². The number of piperazine rings is 1. The summed E-state index contributed by atoms with van der Waals surface area (Å²) in [5, 5.41) is 3.12. The molecule has 1 aromatic carbocycles. The molecule has 1 N–H and O–H groups in total. The van der Waals surface area contributed by atoms with Crippen molar-refractivity contribution in [2.45, 2.75) is 26.4 Å². The third-order valence-corrected chi connectivity index (χ3v) is 5.16. The van der Waals surface area contributed by atoms with Crippen LogP contribution in [0, 0.1) is 11.7 Å². The minimum absolute atomic E-state index is 0.0150. The van der Waals surface area contributed by atoms with Crippen molar-refractivity contribution in [2.24, 2.45) is 5.92 Å². The molecule has 1 fully saturated rings. The van der Waals surface area contributed by atoms with Crippen LogP contribution in [0.3, 0.4) is 0 Å². The van der Waals surface area contributed by atoms with E-state index in [-0.39, 0.29) is 23.7 Å². The summed E-state index contributed by atoms with van der Waals surface area (Å²) >= 11 is 0. The molecule has 1 saturated heterocycles. The maximum Gasteiger partial charge on any atom is 0.234 e. The molecule has 0 radical (unpaired) electrons. The number of hydrogen-bond donors (Lipinski definition) is 1. The fourth-order valence-electron chi connectivity index (χ4n) is 3.55. The van der Waals surface area contributed by atoms with Gasteiger partial charge in [-0.2, -0.15) is 0 Å². The highest BCUT2D eigenvalue weighted by molar-refractivity contribution is 5.78. The Hall–Kier alpha value is -2.31. The van der Waals surface area contributed by atoms with Crippen molar-refractivity contribution in [3.63, 3.8) is 0 Å². The number of benzene rings is 1. The lowest BCUT2D eigenvalue weighted by molar-refractivity contribution is -0.123. The summed E-state index contributed by atoms with van der Waals surface area (Å²) < 4.78 is 13.2. The Bertz CT molecular complexity index is 743. The number of rotatable bonds is 7. The highest BCUT2D eigenvalue weighted by atomic mass is 19.1. The molecule has 0 bridgehead atoms. The van der Waals surface area contributed by atoms with Gasteiger partial charge in [-0.1, -0.05) is 32.0 Å². The van der Waals surface area contributed by atoms with Crippen molar-refractivity contribution in [3.8, 4) is 0 Å². The molecule has 0 unspecified atom stereocenters. The highest BCUT2D eigenvalue weighted by Crippen LogP contribution is 2.22. The van der Waals surface area contributed by atoms with Crippen LogP contribution in [0.5, 0.6) is 0 Å². The predicted molar refractivity (Wildman–Crippen MR) is 108 cm³/mol. The van der Waals surface area contributed by atoms with Gasteiger partial charge in [0.05, 0.1) is 18.3 Å². The fraction of sp³-hybridized carbons (Fsp3) is 0.455. The quantitative estimate of drug-likeness (QED) is 0.798. The van der Waals surface area contributed by atoms with Gasteiger partial charge in [0, 0.05) is 38.9 Å². The molecule has 0 spiro atoms. The van der Waals surface area contributed by atoms with Crippen molar-refractivity contribution < 1.29 is 9.18 Å². The maximum absolute atomic E-state index is 13.2. The Balaban J connectivity index is 1.47. The molecular formula is C22H29FN4O. The van der Waals surface area contributed by atoms with E-state index in [4.69, 9.17) is 0 Å². The van der Waals surface area contributed by atoms with E-state index < -0.39 is 0 Å². The number of halogens is 1. The molecule has 1 aliphatic rings. The number of aromatic nitrogens is 1. The second-order valence-corrected chi connectivity index (χ2v) is 7.71. The van der Waals surface area contributed by atoms with Gasteiger partial charge in [0.1, 0.15) is 5.82 Å². The summed E-state index contributed by atoms with van der Waals surface area (Å²) in [5.74, 6) is -0.0213. The van der Waals surface area contributed by atoms with Gasteiger partial charge >= 0.3 is 0 Å². The SMILES string of the molecule is CC(C)[C@@H](NC(=O)CN1CCN(Cc2ccccn2)CC1)c1ccc(F)cc1. The summed E-state index contributed by atoms with van der Waals surface area (Å²) in [4.78, 5) is 21.5. The highest BCUT2D eigenvalue weighted by Gasteiger charge is 2.22. The molecule has 1 amide bonds. The van der Waals surface area contributed by atoms with Crippen LogP contribution in [-0.4, -0.2) is 53.4 Å². The minimum atomic E-state index is -0.263. The number of nitrogens with one attached hydrogen (secondary N) is 1. The minimum Gasteiger partial charge on any atom is -0.348 e. The summed E-state index contributed by atoms with van der Waals surface area (Å²) in [6, 6.07) is 12.2. The normalized spacial score (nSPS) is 16.9. The zero-order valence-electron chi connectivity index (χ0n) is 16.6. The standard InChI is InChI=1S/C22H29FN4O/c1-17(2)22(18-6-8-19(23)9-7-18)25-21(28)16-27-13-11-26(12-14-27)15-20-5-3-4-10-24-20/h3-10,17,22H,11-16H2,1-2H3,(H,25,28)/t22-/m1/s1. The molecule has 1 aromatic heterocycles. The second-order valence-electron chi connectivity index (χ2n) is 7.71. The largest absolute Gasteiger partial charge is 0.348 e. The van der Waals surface area contributed by atoms with Gasteiger partial charge in [-0.25, -0.2) is 4.39 Å². The molecule has 0 aliphatic carbocycles. The van der Waals surface area contributed by atoms with Crippen molar-refractivity contribution in [1.29, 1.82) is 0 Å². The van der Waals surface area contributed by atoms with E-state index in [1.54, 1.807) is 12.1 Å². The van der Waals surface area contributed by atoms with E-state index in [0.717, 1.165) is 44.0 Å². The maximum atomic E-state index is 13.2. The molecule has 3 rings (SSSR count). The molecule has 5 nitrogen and oxygen atoms in total. The first-order valence-electron chi connectivity index (χ1n) is 9.90. The van der Waals surface area contributed by atoms with Gasteiger partial charge in [-0.05, 0) is 35.7 Å². The van der Waals surface area contributed by atoms with Gasteiger partial charge in [0.15, 0.2) is 0 Å². The molecule has 2 aromatic rings. The van der Waals surface area contributed by atoms with Crippen LogP contribution in [0.25, 0.3) is 0 Å². The van der Waals surface area contributed by atoms with Crippen LogP contribution in [0.4, 0.5) is 4.39 Å². The van der Waals surface area contributed by atoms with E-state index in [9.17, 15) is 9.18 Å². The zero-order valence-corrected chi connectivity index (χ0v) is 16.6.